The van der Waals surface area contributed by atoms with Crippen LogP contribution in [0.4, 0.5) is 0 Å². The first kappa shape index (κ1) is 44.4. The van der Waals surface area contributed by atoms with Crippen LogP contribution in [0.1, 0.15) is 95.2 Å². The Kier molecular flexibility index (Phi) is 11.5. The SMILES string of the molecule is CCCCc1ccc2c(c1)-c1cc(CCCC)ccc1C2(c1ccc2cc(O)ccc2c1)c1ccc2cc(O)ccc2c1.Oc1cccc(C2(c3cccc(O)c3)c3ccccc3-c3ccccc32)c1. The molecule has 0 saturated heterocycles. The molecule has 0 saturated carbocycles. The van der Waals surface area contributed by atoms with Crippen molar-refractivity contribution in [1.82, 2.24) is 0 Å². The van der Waals surface area contributed by atoms with Crippen molar-refractivity contribution in [3.63, 3.8) is 0 Å². The molecule has 0 fully saturated rings. The molecule has 0 radical (unpaired) electrons. The molecule has 4 heteroatoms. The van der Waals surface area contributed by atoms with E-state index in [4.69, 9.17) is 0 Å². The summed E-state index contributed by atoms with van der Waals surface area (Å²) in [5, 5.41) is 45.1. The highest BCUT2D eigenvalue weighted by Crippen LogP contribution is 2.58. The van der Waals surface area contributed by atoms with Gasteiger partial charge in [-0.05, 0) is 186 Å². The molecule has 0 amide bonds. The van der Waals surface area contributed by atoms with Crippen molar-refractivity contribution in [1.29, 1.82) is 0 Å². The third-order valence-corrected chi connectivity index (χ3v) is 14.9. The average molecular weight is 913 g/mol. The van der Waals surface area contributed by atoms with Crippen molar-refractivity contribution >= 4 is 21.5 Å². The predicted molar refractivity (Wildman–Crippen MR) is 286 cm³/mol. The van der Waals surface area contributed by atoms with Gasteiger partial charge in [-0.3, -0.25) is 0 Å². The van der Waals surface area contributed by atoms with Crippen LogP contribution in [0.3, 0.4) is 0 Å². The van der Waals surface area contributed by atoms with Gasteiger partial charge in [0.05, 0.1) is 10.8 Å². The van der Waals surface area contributed by atoms with Gasteiger partial charge in [-0.1, -0.05) is 172 Å². The summed E-state index contributed by atoms with van der Waals surface area (Å²) in [6, 6.07) is 70.6. The van der Waals surface area contributed by atoms with Gasteiger partial charge in [0.2, 0.25) is 0 Å². The van der Waals surface area contributed by atoms with Gasteiger partial charge in [-0.15, -0.1) is 0 Å². The van der Waals surface area contributed by atoms with E-state index in [2.05, 4.69) is 123 Å². The number of unbranched alkanes of at least 4 members (excludes halogenated alkanes) is 2. The zero-order valence-corrected chi connectivity index (χ0v) is 39.7. The first-order chi connectivity index (χ1) is 34.2. The van der Waals surface area contributed by atoms with Crippen LogP contribution in [0.25, 0.3) is 43.8 Å². The van der Waals surface area contributed by atoms with Crippen molar-refractivity contribution in [2.24, 2.45) is 0 Å². The summed E-state index contributed by atoms with van der Waals surface area (Å²) in [5.41, 5.74) is 16.0. The quantitative estimate of drug-likeness (QED) is 0.110. The Bertz CT molecular complexity index is 3360. The van der Waals surface area contributed by atoms with Crippen LogP contribution < -0.4 is 0 Å². The third kappa shape index (κ3) is 7.38. The minimum atomic E-state index is -0.593. The van der Waals surface area contributed by atoms with Crippen LogP contribution in [0, 0.1) is 0 Å². The minimum absolute atomic E-state index is 0.230. The standard InChI is InChI=1S/C41H38O2.C25H18O2/c1-3-5-7-27-9-19-39-37(21-27)38-22-28(8-6-4-2)10-20-40(38)41(39,33-15-11-31-25-35(42)17-13-29(31)23-33)34-16-12-32-26-36(43)18-14-30(32)24-34;26-19-9-5-7-17(15-19)25(18-8-6-10-20(27)16-18)23-13-3-1-11-21(23)22-12-2-4-14-24(22)25/h9-26,42-43H,3-8H2,1-2H3;1-16,26-27H. The van der Waals surface area contributed by atoms with Crippen LogP contribution in [0.15, 0.2) is 206 Å². The smallest absolute Gasteiger partial charge is 0.116 e. The fraction of sp³-hybridized carbons (Fsp3) is 0.152. The van der Waals surface area contributed by atoms with Gasteiger partial charge in [0.15, 0.2) is 0 Å². The molecule has 70 heavy (non-hydrogen) atoms. The van der Waals surface area contributed by atoms with E-state index >= 15 is 0 Å². The van der Waals surface area contributed by atoms with Crippen molar-refractivity contribution < 1.29 is 20.4 Å². The van der Waals surface area contributed by atoms with E-state index in [9.17, 15) is 20.4 Å². The van der Waals surface area contributed by atoms with Gasteiger partial charge in [0, 0.05) is 0 Å². The molecule has 2 aliphatic rings. The Hall–Kier alpha value is -8.08. The first-order valence-electron chi connectivity index (χ1n) is 24.7. The zero-order chi connectivity index (χ0) is 48.0. The molecule has 10 aromatic carbocycles. The van der Waals surface area contributed by atoms with Gasteiger partial charge < -0.3 is 20.4 Å². The van der Waals surface area contributed by atoms with E-state index in [0.717, 1.165) is 56.6 Å². The fourth-order valence-corrected chi connectivity index (χ4v) is 11.7. The molecule has 4 nitrogen and oxygen atoms in total. The Morgan fingerprint density at radius 3 is 1.10 bits per heavy atom. The summed E-state index contributed by atoms with van der Waals surface area (Å²) in [4.78, 5) is 0. The number of aromatic hydroxyl groups is 4. The molecule has 4 N–H and O–H groups in total. The Labute approximate surface area is 410 Å². The number of aryl methyl sites for hydroxylation is 2. The zero-order valence-electron chi connectivity index (χ0n) is 39.7. The van der Waals surface area contributed by atoms with Gasteiger partial charge in [0.25, 0.3) is 0 Å². The van der Waals surface area contributed by atoms with Gasteiger partial charge in [-0.25, -0.2) is 0 Å². The maximum absolute atomic E-state index is 10.2. The van der Waals surface area contributed by atoms with E-state index in [1.165, 1.54) is 81.3 Å². The Morgan fingerprint density at radius 1 is 0.300 bits per heavy atom. The monoisotopic (exact) mass is 912 g/mol. The summed E-state index contributed by atoms with van der Waals surface area (Å²) in [7, 11) is 0. The number of phenols is 4. The van der Waals surface area contributed by atoms with E-state index < -0.39 is 10.8 Å². The number of benzene rings is 10. The lowest BCUT2D eigenvalue weighted by molar-refractivity contribution is 0.472. The topological polar surface area (TPSA) is 80.9 Å². The Balaban J connectivity index is 0.000000169. The molecule has 344 valence electrons. The Morgan fingerprint density at radius 2 is 0.671 bits per heavy atom. The van der Waals surface area contributed by atoms with E-state index in [1.807, 2.05) is 72.8 Å². The summed E-state index contributed by atoms with van der Waals surface area (Å²) >= 11 is 0. The largest absolute Gasteiger partial charge is 0.508 e. The molecule has 0 spiro atoms. The molecular weight excluding hydrogens is 857 g/mol. The summed E-state index contributed by atoms with van der Waals surface area (Å²) in [6.45, 7) is 4.51. The second-order valence-corrected chi connectivity index (χ2v) is 19.2. The van der Waals surface area contributed by atoms with Crippen molar-refractivity contribution in [2.45, 2.75) is 63.2 Å². The van der Waals surface area contributed by atoms with Gasteiger partial charge >= 0.3 is 0 Å². The van der Waals surface area contributed by atoms with Crippen molar-refractivity contribution in [2.75, 3.05) is 0 Å². The summed E-state index contributed by atoms with van der Waals surface area (Å²) in [5.74, 6) is 1.02. The number of hydrogen-bond acceptors (Lipinski definition) is 4. The van der Waals surface area contributed by atoms with Crippen LogP contribution in [-0.4, -0.2) is 20.4 Å². The number of phenolic OH excluding ortho intramolecular Hbond substituents is 4. The van der Waals surface area contributed by atoms with E-state index in [0.29, 0.717) is 0 Å². The molecule has 0 aromatic heterocycles. The lowest BCUT2D eigenvalue weighted by atomic mass is 9.67. The van der Waals surface area contributed by atoms with Crippen LogP contribution in [0.2, 0.25) is 0 Å². The number of rotatable bonds is 10. The second-order valence-electron chi connectivity index (χ2n) is 19.2. The van der Waals surface area contributed by atoms with Crippen LogP contribution in [-0.2, 0) is 23.7 Å². The number of fused-ring (bicyclic) bond motifs is 8. The third-order valence-electron chi connectivity index (χ3n) is 14.9. The fourth-order valence-electron chi connectivity index (χ4n) is 11.7. The van der Waals surface area contributed by atoms with Crippen molar-refractivity contribution in [3.8, 4) is 45.3 Å². The highest BCUT2D eigenvalue weighted by atomic mass is 16.3. The minimum Gasteiger partial charge on any atom is -0.508 e. The van der Waals surface area contributed by atoms with Crippen molar-refractivity contribution in [3.05, 3.63) is 262 Å². The first-order valence-corrected chi connectivity index (χ1v) is 24.7. The molecule has 2 aliphatic carbocycles. The molecule has 0 heterocycles. The van der Waals surface area contributed by atoms with E-state index in [-0.39, 0.29) is 23.0 Å². The molecule has 0 unspecified atom stereocenters. The highest BCUT2D eigenvalue weighted by Gasteiger charge is 2.48. The summed E-state index contributed by atoms with van der Waals surface area (Å²) < 4.78 is 0. The lowest BCUT2D eigenvalue weighted by Gasteiger charge is -2.34. The maximum atomic E-state index is 10.2. The molecule has 10 aromatic rings. The van der Waals surface area contributed by atoms with Gasteiger partial charge in [-0.2, -0.15) is 0 Å². The molecule has 0 atom stereocenters. The van der Waals surface area contributed by atoms with Crippen LogP contribution in [0.5, 0.6) is 23.0 Å². The molecular formula is C66H56O4. The summed E-state index contributed by atoms with van der Waals surface area (Å²) in [6.07, 6.45) is 6.89. The highest BCUT2D eigenvalue weighted by molar-refractivity contribution is 5.93. The molecule has 0 aliphatic heterocycles. The normalized spacial score (nSPS) is 13.5. The van der Waals surface area contributed by atoms with Crippen LogP contribution >= 0.6 is 0 Å². The lowest BCUT2D eigenvalue weighted by Crippen LogP contribution is -2.28. The molecule has 0 bridgehead atoms. The average Bonchev–Trinajstić information content (AvgIpc) is 3.85. The second kappa shape index (κ2) is 18.1. The van der Waals surface area contributed by atoms with Gasteiger partial charge in [0.1, 0.15) is 23.0 Å². The maximum Gasteiger partial charge on any atom is 0.116 e. The number of hydrogen-bond donors (Lipinski definition) is 4. The van der Waals surface area contributed by atoms with E-state index in [1.54, 1.807) is 24.3 Å². The predicted octanol–water partition coefficient (Wildman–Crippen LogP) is 15.9. The molecule has 12 rings (SSSR count).